The van der Waals surface area contributed by atoms with Gasteiger partial charge in [0.25, 0.3) is 5.69 Å². The Bertz CT molecular complexity index is 1280. The smallest absolute Gasteiger partial charge is 0.268 e. The molecule has 0 unspecified atom stereocenters. The lowest BCUT2D eigenvalue weighted by molar-refractivity contribution is 0.628. The molecule has 3 N–H and O–H groups in total. The molecule has 0 spiro atoms. The summed E-state index contributed by atoms with van der Waals surface area (Å²) >= 11 is 6.20. The average Bonchev–Trinajstić information content (AvgIpc) is 3.11. The first-order chi connectivity index (χ1) is 14.5. The van der Waals surface area contributed by atoms with Gasteiger partial charge in [-0.3, -0.25) is 0 Å². The van der Waals surface area contributed by atoms with Crippen LogP contribution in [0.4, 0.5) is 21.7 Å². The number of hydrogen-bond donors (Lipinski definition) is 2. The van der Waals surface area contributed by atoms with Crippen molar-refractivity contribution in [3.63, 3.8) is 0 Å². The number of nitrogens with two attached hydrogens (primary N) is 1. The van der Waals surface area contributed by atoms with Crippen molar-refractivity contribution in [1.82, 2.24) is 24.6 Å². The monoisotopic (exact) mass is 422 g/mol. The second kappa shape index (κ2) is 7.93. The first kappa shape index (κ1) is 19.5. The predicted octanol–water partition coefficient (Wildman–Crippen LogP) is 4.67. The van der Waals surface area contributed by atoms with Crippen molar-refractivity contribution in [2.45, 2.75) is 19.4 Å². The molecule has 0 amide bonds. The summed E-state index contributed by atoms with van der Waals surface area (Å²) in [6.45, 7) is 9.36. The average molecular weight is 423 g/mol. The summed E-state index contributed by atoms with van der Waals surface area (Å²) in [5.74, 6) is 0.0315. The van der Waals surface area contributed by atoms with Crippen LogP contribution >= 0.6 is 11.6 Å². The first-order valence-corrected chi connectivity index (χ1v) is 9.44. The lowest BCUT2D eigenvalue weighted by atomic mass is 9.98. The zero-order valence-corrected chi connectivity index (χ0v) is 16.6. The van der Waals surface area contributed by atoms with E-state index in [0.717, 1.165) is 5.56 Å². The summed E-state index contributed by atoms with van der Waals surface area (Å²) < 4.78 is 15.4. The third-order valence-electron chi connectivity index (χ3n) is 4.64. The predicted molar refractivity (Wildman–Crippen MR) is 113 cm³/mol. The Morgan fingerprint density at radius 3 is 2.87 bits per heavy atom. The maximum absolute atomic E-state index is 13.9. The van der Waals surface area contributed by atoms with E-state index in [2.05, 4.69) is 30.2 Å². The van der Waals surface area contributed by atoms with Gasteiger partial charge in [-0.2, -0.15) is 5.10 Å². The van der Waals surface area contributed by atoms with E-state index < -0.39 is 0 Å². The summed E-state index contributed by atoms with van der Waals surface area (Å²) in [6.07, 6.45) is 3.41. The summed E-state index contributed by atoms with van der Waals surface area (Å²) in [7, 11) is 0. The van der Waals surface area contributed by atoms with Gasteiger partial charge >= 0.3 is 0 Å². The summed E-state index contributed by atoms with van der Waals surface area (Å²) in [5, 5.41) is 8.21. The van der Waals surface area contributed by atoms with Gasteiger partial charge in [0.05, 0.1) is 24.5 Å². The van der Waals surface area contributed by atoms with Crippen molar-refractivity contribution in [3.8, 4) is 11.3 Å². The molecule has 4 aromatic rings. The zero-order chi connectivity index (χ0) is 21.3. The summed E-state index contributed by atoms with van der Waals surface area (Å²) in [5.41, 5.74) is 8.38. The van der Waals surface area contributed by atoms with E-state index in [1.54, 1.807) is 12.1 Å². The number of hydrogen-bond acceptors (Lipinski definition) is 6. The maximum Gasteiger partial charge on any atom is 0.268 e. The highest BCUT2D eigenvalue weighted by molar-refractivity contribution is 6.29. The number of halogens is 2. The topological polar surface area (TPSA) is 98.4 Å². The van der Waals surface area contributed by atoms with Crippen molar-refractivity contribution >= 4 is 34.6 Å². The number of aromatic nitrogens is 5. The van der Waals surface area contributed by atoms with Gasteiger partial charge in [-0.05, 0) is 24.6 Å². The van der Waals surface area contributed by atoms with Crippen molar-refractivity contribution < 1.29 is 4.39 Å². The molecule has 0 radical (unpaired) electrons. The van der Waals surface area contributed by atoms with Crippen molar-refractivity contribution in [3.05, 3.63) is 70.8 Å². The van der Waals surface area contributed by atoms with E-state index in [-0.39, 0.29) is 23.4 Å². The van der Waals surface area contributed by atoms with Crippen LogP contribution in [0, 0.1) is 12.4 Å². The van der Waals surface area contributed by atoms with Crippen LogP contribution in [0.5, 0.6) is 0 Å². The molecule has 0 saturated carbocycles. The summed E-state index contributed by atoms with van der Waals surface area (Å²) in [6, 6.07) is 7.68. The molecule has 150 valence electrons. The van der Waals surface area contributed by atoms with Gasteiger partial charge < -0.3 is 11.1 Å². The largest absolute Gasteiger partial charge is 0.392 e. The molecule has 0 saturated heterocycles. The fourth-order valence-electron chi connectivity index (χ4n) is 3.20. The van der Waals surface area contributed by atoms with E-state index >= 15 is 0 Å². The Balaban J connectivity index is 1.88. The Hall–Kier alpha value is -3.77. The standard InChI is InChI=1S/C20H16ClFN8/c1-3-14(28-20-18(24-2)19(23)26-10-27-20)13-8-16-25-9-15(21)30(16)29-17(13)11-5-4-6-12(22)7-11/h4-10,14H,3H2,1H3,(H3,23,26,27,28)/t14-/m1/s1. The minimum Gasteiger partial charge on any atom is -0.392 e. The molecular weight excluding hydrogens is 407 g/mol. The highest BCUT2D eigenvalue weighted by atomic mass is 35.5. The molecule has 0 bridgehead atoms. The maximum atomic E-state index is 13.9. The molecule has 4 rings (SSSR count). The molecule has 0 aliphatic rings. The van der Waals surface area contributed by atoms with Crippen LogP contribution in [0.15, 0.2) is 42.9 Å². The third-order valence-corrected chi connectivity index (χ3v) is 4.89. The lowest BCUT2D eigenvalue weighted by Crippen LogP contribution is -2.14. The van der Waals surface area contributed by atoms with E-state index in [4.69, 9.17) is 23.9 Å². The number of imidazole rings is 1. The van der Waals surface area contributed by atoms with Gasteiger partial charge in [-0.15, -0.1) is 0 Å². The molecule has 0 aliphatic carbocycles. The van der Waals surface area contributed by atoms with Gasteiger partial charge in [-0.25, -0.2) is 28.7 Å². The fraction of sp³-hybridized carbons (Fsp3) is 0.150. The summed E-state index contributed by atoms with van der Waals surface area (Å²) in [4.78, 5) is 15.7. The van der Waals surface area contributed by atoms with Crippen molar-refractivity contribution in [2.24, 2.45) is 0 Å². The van der Waals surface area contributed by atoms with Crippen LogP contribution in [-0.2, 0) is 0 Å². The molecule has 1 atom stereocenters. The lowest BCUT2D eigenvalue weighted by Gasteiger charge is -2.22. The van der Waals surface area contributed by atoms with Crippen molar-refractivity contribution in [1.29, 1.82) is 0 Å². The minimum atomic E-state index is -0.378. The number of nitrogens with zero attached hydrogens (tertiary/aromatic N) is 6. The van der Waals surface area contributed by atoms with Gasteiger partial charge in [0, 0.05) is 11.1 Å². The number of anilines is 2. The van der Waals surface area contributed by atoms with Gasteiger partial charge in [-0.1, -0.05) is 30.7 Å². The van der Waals surface area contributed by atoms with E-state index in [1.165, 1.54) is 29.2 Å². The van der Waals surface area contributed by atoms with Crippen molar-refractivity contribution in [2.75, 3.05) is 11.1 Å². The Morgan fingerprint density at radius 2 is 2.13 bits per heavy atom. The molecule has 0 aliphatic heterocycles. The molecule has 8 nitrogen and oxygen atoms in total. The molecule has 30 heavy (non-hydrogen) atoms. The molecule has 10 heteroatoms. The molecule has 1 aromatic carbocycles. The normalized spacial score (nSPS) is 11.9. The second-order valence-corrected chi connectivity index (χ2v) is 6.87. The van der Waals surface area contributed by atoms with E-state index in [0.29, 0.717) is 34.3 Å². The van der Waals surface area contributed by atoms with Crippen LogP contribution < -0.4 is 11.1 Å². The van der Waals surface area contributed by atoms with E-state index in [1.807, 2.05) is 13.0 Å². The number of benzene rings is 1. The van der Waals surface area contributed by atoms with Crippen LogP contribution in [-0.4, -0.2) is 24.6 Å². The fourth-order valence-corrected chi connectivity index (χ4v) is 3.37. The van der Waals surface area contributed by atoms with Gasteiger partial charge in [0.1, 0.15) is 23.8 Å². The first-order valence-electron chi connectivity index (χ1n) is 9.06. The highest BCUT2D eigenvalue weighted by Gasteiger charge is 2.21. The third kappa shape index (κ3) is 3.49. The van der Waals surface area contributed by atoms with Crippen LogP contribution in [0.3, 0.4) is 0 Å². The molecular formula is C20H16ClFN8. The SMILES string of the molecule is [C-]#[N+]c1c(N)ncnc1N[C@H](CC)c1cc2ncc(Cl)n2nc1-c1cccc(F)c1. The van der Waals surface area contributed by atoms with Crippen LogP contribution in [0.1, 0.15) is 24.9 Å². The molecule has 0 fully saturated rings. The Morgan fingerprint density at radius 1 is 1.30 bits per heavy atom. The van der Waals surface area contributed by atoms with Crippen LogP contribution in [0.2, 0.25) is 5.15 Å². The minimum absolute atomic E-state index is 0.0938. The number of fused-ring (bicyclic) bond motifs is 1. The highest BCUT2D eigenvalue weighted by Crippen LogP contribution is 2.35. The Labute approximate surface area is 176 Å². The number of nitrogen functional groups attached to an aromatic ring is 1. The number of nitrogens with one attached hydrogen (secondary N) is 1. The number of rotatable bonds is 5. The Kier molecular flexibility index (Phi) is 5.16. The second-order valence-electron chi connectivity index (χ2n) is 6.48. The molecule has 3 aromatic heterocycles. The van der Waals surface area contributed by atoms with E-state index in [9.17, 15) is 4.39 Å². The zero-order valence-electron chi connectivity index (χ0n) is 15.8. The molecule has 3 heterocycles. The van der Waals surface area contributed by atoms with Gasteiger partial charge in [0.2, 0.25) is 0 Å². The van der Waals surface area contributed by atoms with Gasteiger partial charge in [0.15, 0.2) is 10.8 Å². The quantitative estimate of drug-likeness (QED) is 0.453. The van der Waals surface area contributed by atoms with Crippen LogP contribution in [0.25, 0.3) is 21.7 Å².